The number of carbonyl (C=O) groups excluding carboxylic acids is 1. The normalized spacial score (nSPS) is 17.1. The molecule has 160 valence electrons. The highest BCUT2D eigenvalue weighted by Crippen LogP contribution is 2.40. The van der Waals surface area contributed by atoms with Crippen LogP contribution in [0.1, 0.15) is 24.9 Å². The van der Waals surface area contributed by atoms with Crippen molar-refractivity contribution in [1.29, 1.82) is 0 Å². The van der Waals surface area contributed by atoms with Gasteiger partial charge in [-0.2, -0.15) is 18.3 Å². The molecule has 0 aliphatic carbocycles. The van der Waals surface area contributed by atoms with Crippen molar-refractivity contribution in [3.05, 3.63) is 59.7 Å². The van der Waals surface area contributed by atoms with E-state index in [9.17, 15) is 35.2 Å². The van der Waals surface area contributed by atoms with E-state index >= 15 is 0 Å². The van der Waals surface area contributed by atoms with Crippen molar-refractivity contribution in [1.82, 2.24) is 4.72 Å². The molecule has 1 aliphatic heterocycles. The zero-order chi connectivity index (χ0) is 22.3. The summed E-state index contributed by atoms with van der Waals surface area (Å²) in [4.78, 5) is 10.7. The fraction of sp³-hybridized carbons (Fsp3) is 0.222. The van der Waals surface area contributed by atoms with Crippen LogP contribution in [0.5, 0.6) is 0 Å². The van der Waals surface area contributed by atoms with Gasteiger partial charge in [0, 0.05) is 25.0 Å². The fourth-order valence-corrected chi connectivity index (χ4v) is 3.95. The Morgan fingerprint density at radius 2 is 1.77 bits per heavy atom. The first-order valence-electron chi connectivity index (χ1n) is 8.41. The lowest BCUT2D eigenvalue weighted by Gasteiger charge is -2.24. The van der Waals surface area contributed by atoms with Crippen LogP contribution in [0.3, 0.4) is 0 Å². The minimum atomic E-state index is -4.77. The molecule has 3 rings (SSSR count). The smallest absolute Gasteiger partial charge is 0.274 e. The Morgan fingerprint density at radius 3 is 2.30 bits per heavy atom. The number of sulfonamides is 1. The number of anilines is 1. The van der Waals surface area contributed by atoms with E-state index in [1.54, 1.807) is 4.72 Å². The van der Waals surface area contributed by atoms with E-state index < -0.39 is 51.9 Å². The van der Waals surface area contributed by atoms with Crippen molar-refractivity contribution in [3.63, 3.8) is 0 Å². The molecule has 2 aromatic rings. The molecule has 1 unspecified atom stereocenters. The first-order valence-corrected chi connectivity index (χ1v) is 9.89. The van der Waals surface area contributed by atoms with Gasteiger partial charge in [-0.15, -0.1) is 0 Å². The summed E-state index contributed by atoms with van der Waals surface area (Å²) in [5.74, 6) is -2.73. The van der Waals surface area contributed by atoms with Crippen LogP contribution >= 0.6 is 0 Å². The van der Waals surface area contributed by atoms with Crippen LogP contribution in [0.25, 0.3) is 0 Å². The van der Waals surface area contributed by atoms with E-state index in [2.05, 4.69) is 5.10 Å². The van der Waals surface area contributed by atoms with Crippen molar-refractivity contribution in [3.8, 4) is 0 Å². The molecule has 0 bridgehead atoms. The molecule has 12 heteroatoms. The quantitative estimate of drug-likeness (QED) is 0.726. The van der Waals surface area contributed by atoms with Gasteiger partial charge in [0.05, 0.1) is 16.6 Å². The van der Waals surface area contributed by atoms with Gasteiger partial charge in [0.15, 0.2) is 0 Å². The number of carbonyl (C=O) groups is 1. The summed E-state index contributed by atoms with van der Waals surface area (Å²) in [5, 5.41) is 4.43. The Kier molecular flexibility index (Phi) is 5.54. The Balaban J connectivity index is 2.01. The molecule has 0 fully saturated rings. The van der Waals surface area contributed by atoms with Gasteiger partial charge in [-0.3, -0.25) is 9.80 Å². The maximum atomic E-state index is 14.2. The molecule has 0 spiro atoms. The van der Waals surface area contributed by atoms with Crippen LogP contribution < -0.4 is 9.73 Å². The third-order valence-electron chi connectivity index (χ3n) is 4.25. The molecule has 2 aromatic carbocycles. The zero-order valence-electron chi connectivity index (χ0n) is 15.2. The van der Waals surface area contributed by atoms with Crippen LogP contribution in [0.2, 0.25) is 0 Å². The standard InChI is InChI=1S/C18H14F5N3O3S/c1-10(27)25-30(28,29)13-5-3-12(4-6-13)26-16(9-17(24-26)18(21,22)23)14-7-2-11(19)8-15(14)20/h2-8,16H,9H2,1H3,(H,25,27). The second kappa shape index (κ2) is 7.67. The van der Waals surface area contributed by atoms with E-state index in [1.165, 1.54) is 12.1 Å². The van der Waals surface area contributed by atoms with E-state index in [1.807, 2.05) is 0 Å². The molecule has 0 radical (unpaired) electrons. The number of hydrazone groups is 1. The van der Waals surface area contributed by atoms with E-state index in [4.69, 9.17) is 0 Å². The Morgan fingerprint density at radius 1 is 1.13 bits per heavy atom. The summed E-state index contributed by atoms with van der Waals surface area (Å²) in [7, 11) is -4.15. The second-order valence-electron chi connectivity index (χ2n) is 6.43. The maximum Gasteiger partial charge on any atom is 0.431 e. The van der Waals surface area contributed by atoms with Gasteiger partial charge in [0.2, 0.25) is 5.91 Å². The van der Waals surface area contributed by atoms with E-state index in [0.717, 1.165) is 36.2 Å². The van der Waals surface area contributed by atoms with Crippen molar-refractivity contribution < 1.29 is 35.2 Å². The lowest BCUT2D eigenvalue weighted by Crippen LogP contribution is -2.28. The molecule has 1 N–H and O–H groups in total. The van der Waals surface area contributed by atoms with Gasteiger partial charge >= 0.3 is 6.18 Å². The summed E-state index contributed by atoms with van der Waals surface area (Å²) in [5.41, 5.74) is -1.31. The molecule has 1 heterocycles. The van der Waals surface area contributed by atoms with Crippen LogP contribution in [0.15, 0.2) is 52.5 Å². The summed E-state index contributed by atoms with van der Waals surface area (Å²) >= 11 is 0. The molecule has 0 saturated heterocycles. The Bertz CT molecular complexity index is 1110. The number of halogens is 5. The van der Waals surface area contributed by atoms with Crippen molar-refractivity contribution in [2.24, 2.45) is 5.10 Å². The van der Waals surface area contributed by atoms with Crippen molar-refractivity contribution in [2.45, 2.75) is 30.5 Å². The molecular weight excluding hydrogens is 433 g/mol. The number of alkyl halides is 3. The number of nitrogens with one attached hydrogen (secondary N) is 1. The molecule has 0 aromatic heterocycles. The average Bonchev–Trinajstić information content (AvgIpc) is 3.06. The first-order chi connectivity index (χ1) is 13.9. The first kappa shape index (κ1) is 21.7. The Hall–Kier alpha value is -3.02. The third kappa shape index (κ3) is 4.42. The van der Waals surface area contributed by atoms with Gasteiger partial charge in [0.25, 0.3) is 10.0 Å². The minimum Gasteiger partial charge on any atom is -0.274 e. The van der Waals surface area contributed by atoms with Crippen LogP contribution in [0.4, 0.5) is 27.6 Å². The molecular formula is C18H14F5N3O3S. The predicted octanol–water partition coefficient (Wildman–Crippen LogP) is 3.66. The van der Waals surface area contributed by atoms with Crippen LogP contribution in [-0.4, -0.2) is 26.2 Å². The largest absolute Gasteiger partial charge is 0.431 e. The van der Waals surface area contributed by atoms with Gasteiger partial charge in [-0.25, -0.2) is 21.9 Å². The molecule has 1 atom stereocenters. The summed E-state index contributed by atoms with van der Waals surface area (Å²) < 4.78 is 92.9. The molecule has 1 aliphatic rings. The average molecular weight is 447 g/mol. The number of hydrogen-bond acceptors (Lipinski definition) is 5. The molecule has 1 amide bonds. The van der Waals surface area contributed by atoms with Gasteiger partial charge in [-0.05, 0) is 30.3 Å². The second-order valence-corrected chi connectivity index (χ2v) is 8.11. The van der Waals surface area contributed by atoms with E-state index in [-0.39, 0.29) is 16.1 Å². The monoisotopic (exact) mass is 447 g/mol. The molecule has 0 saturated carbocycles. The van der Waals surface area contributed by atoms with Crippen molar-refractivity contribution in [2.75, 3.05) is 5.01 Å². The SMILES string of the molecule is CC(=O)NS(=O)(=O)c1ccc(N2N=C(C(F)(F)F)CC2c2ccc(F)cc2F)cc1. The van der Waals surface area contributed by atoms with Gasteiger partial charge in [-0.1, -0.05) is 6.07 Å². The van der Waals surface area contributed by atoms with E-state index in [0.29, 0.717) is 6.07 Å². The minimum absolute atomic E-state index is 0.0461. The number of amides is 1. The lowest BCUT2D eigenvalue weighted by atomic mass is 10.0. The topological polar surface area (TPSA) is 78.8 Å². The number of rotatable bonds is 4. The van der Waals surface area contributed by atoms with Gasteiger partial charge < -0.3 is 0 Å². The van der Waals surface area contributed by atoms with Crippen molar-refractivity contribution >= 4 is 27.3 Å². The summed E-state index contributed by atoms with van der Waals surface area (Å²) in [6, 6.07) is 5.78. The zero-order valence-corrected chi connectivity index (χ0v) is 16.1. The van der Waals surface area contributed by atoms with Crippen LogP contribution in [-0.2, 0) is 14.8 Å². The van der Waals surface area contributed by atoms with Gasteiger partial charge in [0.1, 0.15) is 17.3 Å². The highest BCUT2D eigenvalue weighted by molar-refractivity contribution is 7.90. The maximum absolute atomic E-state index is 14.2. The lowest BCUT2D eigenvalue weighted by molar-refractivity contribution is -0.117. The summed E-state index contributed by atoms with van der Waals surface area (Å²) in [6.07, 6.45) is -5.45. The van der Waals surface area contributed by atoms with Crippen LogP contribution in [0, 0.1) is 11.6 Å². The summed E-state index contributed by atoms with van der Waals surface area (Å²) in [6.45, 7) is 1.01. The molecule has 30 heavy (non-hydrogen) atoms. The Labute approximate surface area is 168 Å². The number of hydrogen-bond donors (Lipinski definition) is 1. The molecule has 6 nitrogen and oxygen atoms in total. The highest BCUT2D eigenvalue weighted by Gasteiger charge is 2.44. The highest BCUT2D eigenvalue weighted by atomic mass is 32.2. The predicted molar refractivity (Wildman–Crippen MR) is 97.1 cm³/mol. The fourth-order valence-electron chi connectivity index (χ4n) is 2.96. The number of nitrogens with zero attached hydrogens (tertiary/aromatic N) is 2. The number of benzene rings is 2. The third-order valence-corrected chi connectivity index (χ3v) is 5.70.